The first-order valence-corrected chi connectivity index (χ1v) is 5.02. The van der Waals surface area contributed by atoms with E-state index in [0.29, 0.717) is 22.0 Å². The van der Waals surface area contributed by atoms with Gasteiger partial charge in [0.1, 0.15) is 0 Å². The van der Waals surface area contributed by atoms with Gasteiger partial charge in [-0.2, -0.15) is 5.10 Å². The lowest BCUT2D eigenvalue weighted by atomic mass is 10.2. The Morgan fingerprint density at radius 3 is 2.94 bits per heavy atom. The lowest BCUT2D eigenvalue weighted by Gasteiger charge is -2.05. The highest BCUT2D eigenvalue weighted by Crippen LogP contribution is 2.15. The normalized spacial score (nSPS) is 10.2. The van der Waals surface area contributed by atoms with Gasteiger partial charge in [-0.1, -0.05) is 6.58 Å². The van der Waals surface area contributed by atoms with Gasteiger partial charge in [0.15, 0.2) is 0 Å². The lowest BCUT2D eigenvalue weighted by molar-refractivity contribution is -0.112. The van der Waals surface area contributed by atoms with Gasteiger partial charge >= 0.3 is 0 Å². The zero-order chi connectivity index (χ0) is 12.4. The first-order chi connectivity index (χ1) is 8.08. The molecule has 1 amide bonds. The molecule has 5 heteroatoms. The molecular weight excluding hydrogens is 218 g/mol. The molecule has 86 valence electrons. The lowest BCUT2D eigenvalue weighted by Crippen LogP contribution is -2.12. The predicted octanol–water partition coefficient (Wildman–Crippen LogP) is 1.44. The Morgan fingerprint density at radius 1 is 1.47 bits per heavy atom. The summed E-state index contributed by atoms with van der Waals surface area (Å²) in [6, 6.07) is 5.00. The van der Waals surface area contributed by atoms with Gasteiger partial charge in [-0.05, 0) is 25.1 Å². The molecule has 0 unspecified atom stereocenters. The van der Waals surface area contributed by atoms with Gasteiger partial charge in [0.05, 0.1) is 11.6 Å². The third-order valence-electron chi connectivity index (χ3n) is 2.31. The largest absolute Gasteiger partial charge is 0.322 e. The van der Waals surface area contributed by atoms with Crippen LogP contribution >= 0.6 is 0 Å². The minimum absolute atomic E-state index is 0.248. The summed E-state index contributed by atoms with van der Waals surface area (Å²) in [7, 11) is 0. The van der Waals surface area contributed by atoms with Crippen LogP contribution in [0.3, 0.4) is 0 Å². The molecule has 0 aliphatic rings. The van der Waals surface area contributed by atoms with Crippen LogP contribution < -0.4 is 10.9 Å². The van der Waals surface area contributed by atoms with Crippen molar-refractivity contribution in [3.8, 4) is 0 Å². The fourth-order valence-electron chi connectivity index (χ4n) is 1.41. The second-order valence-corrected chi connectivity index (χ2v) is 3.74. The van der Waals surface area contributed by atoms with Gasteiger partial charge in [0.2, 0.25) is 0 Å². The zero-order valence-corrected chi connectivity index (χ0v) is 9.28. The minimum Gasteiger partial charge on any atom is -0.322 e. The SMILES string of the molecule is C=C(C)C(=O)Nc1ccc2c(=O)[nH]ncc2c1. The smallest absolute Gasteiger partial charge is 0.272 e. The number of rotatable bonds is 2. The molecule has 1 aromatic carbocycles. The van der Waals surface area contributed by atoms with Crippen LogP contribution in [0.25, 0.3) is 10.8 Å². The standard InChI is InChI=1S/C12H11N3O2/c1-7(2)11(16)14-9-3-4-10-8(5-9)6-13-15-12(10)17/h3-6H,1H2,2H3,(H,14,16)(H,15,17). The number of fused-ring (bicyclic) bond motifs is 1. The molecule has 0 fully saturated rings. The third-order valence-corrected chi connectivity index (χ3v) is 2.31. The number of benzene rings is 1. The highest BCUT2D eigenvalue weighted by atomic mass is 16.1. The van der Waals surface area contributed by atoms with Crippen molar-refractivity contribution in [1.29, 1.82) is 0 Å². The fourth-order valence-corrected chi connectivity index (χ4v) is 1.41. The number of carbonyl (C=O) groups excluding carboxylic acids is 1. The van der Waals surface area contributed by atoms with Crippen molar-refractivity contribution in [3.63, 3.8) is 0 Å². The first kappa shape index (κ1) is 11.1. The van der Waals surface area contributed by atoms with E-state index < -0.39 is 0 Å². The highest BCUT2D eigenvalue weighted by molar-refractivity contribution is 6.03. The van der Waals surface area contributed by atoms with E-state index in [0.717, 1.165) is 0 Å². The molecule has 2 rings (SSSR count). The Kier molecular flexibility index (Phi) is 2.74. The summed E-state index contributed by atoms with van der Waals surface area (Å²) in [6.45, 7) is 5.18. The maximum atomic E-state index is 11.4. The summed E-state index contributed by atoms with van der Waals surface area (Å²) in [6.07, 6.45) is 1.53. The Hall–Kier alpha value is -2.43. The number of H-pyrrole nitrogens is 1. The van der Waals surface area contributed by atoms with Gasteiger partial charge in [-0.3, -0.25) is 9.59 Å². The van der Waals surface area contributed by atoms with Crippen LogP contribution in [0.1, 0.15) is 6.92 Å². The van der Waals surface area contributed by atoms with Crippen LogP contribution in [-0.2, 0) is 4.79 Å². The Labute approximate surface area is 97.2 Å². The number of anilines is 1. The van der Waals surface area contributed by atoms with Crippen molar-refractivity contribution in [2.24, 2.45) is 0 Å². The van der Waals surface area contributed by atoms with Crippen molar-refractivity contribution in [3.05, 3.63) is 46.9 Å². The molecule has 5 nitrogen and oxygen atoms in total. The molecule has 0 bridgehead atoms. The van der Waals surface area contributed by atoms with Crippen molar-refractivity contribution in [1.82, 2.24) is 10.2 Å². The maximum Gasteiger partial charge on any atom is 0.272 e. The third kappa shape index (κ3) is 2.23. The molecule has 0 spiro atoms. The van der Waals surface area contributed by atoms with E-state index in [4.69, 9.17) is 0 Å². The first-order valence-electron chi connectivity index (χ1n) is 5.02. The van der Waals surface area contributed by atoms with Gasteiger partial charge in [0, 0.05) is 16.6 Å². The van der Waals surface area contributed by atoms with Crippen LogP contribution in [0, 0.1) is 0 Å². The number of aromatic amines is 1. The highest BCUT2D eigenvalue weighted by Gasteiger charge is 2.04. The van der Waals surface area contributed by atoms with Crippen molar-refractivity contribution in [2.45, 2.75) is 6.92 Å². The van der Waals surface area contributed by atoms with Crippen LogP contribution in [0.15, 0.2) is 41.3 Å². The second-order valence-electron chi connectivity index (χ2n) is 3.74. The van der Waals surface area contributed by atoms with E-state index >= 15 is 0 Å². The van der Waals surface area contributed by atoms with E-state index in [9.17, 15) is 9.59 Å². The van der Waals surface area contributed by atoms with Gasteiger partial charge < -0.3 is 5.32 Å². The quantitative estimate of drug-likeness (QED) is 0.765. The Morgan fingerprint density at radius 2 is 2.24 bits per heavy atom. The zero-order valence-electron chi connectivity index (χ0n) is 9.28. The molecule has 0 aliphatic heterocycles. The predicted molar refractivity (Wildman–Crippen MR) is 65.8 cm³/mol. The van der Waals surface area contributed by atoms with Crippen LogP contribution in [0.4, 0.5) is 5.69 Å². The van der Waals surface area contributed by atoms with E-state index in [1.807, 2.05) is 0 Å². The molecule has 0 atom stereocenters. The topological polar surface area (TPSA) is 74.8 Å². The number of nitrogens with one attached hydrogen (secondary N) is 2. The summed E-state index contributed by atoms with van der Waals surface area (Å²) in [5.41, 5.74) is 0.785. The molecule has 1 aromatic heterocycles. The Bertz CT molecular complexity index is 658. The molecule has 1 heterocycles. The molecular formula is C12H11N3O2. The van der Waals surface area contributed by atoms with Gasteiger partial charge in [-0.25, -0.2) is 5.10 Å². The number of hydrogen-bond acceptors (Lipinski definition) is 3. The van der Waals surface area contributed by atoms with Crippen LogP contribution in [0.5, 0.6) is 0 Å². The number of hydrogen-bond donors (Lipinski definition) is 2. The molecule has 0 radical (unpaired) electrons. The summed E-state index contributed by atoms with van der Waals surface area (Å²) >= 11 is 0. The van der Waals surface area contributed by atoms with Crippen LogP contribution in [0.2, 0.25) is 0 Å². The molecule has 17 heavy (non-hydrogen) atoms. The van der Waals surface area contributed by atoms with E-state index in [2.05, 4.69) is 22.1 Å². The summed E-state index contributed by atoms with van der Waals surface area (Å²) in [4.78, 5) is 22.8. The molecule has 0 saturated carbocycles. The molecule has 0 aliphatic carbocycles. The van der Waals surface area contributed by atoms with Crippen molar-refractivity contribution in [2.75, 3.05) is 5.32 Å². The second kappa shape index (κ2) is 4.21. The summed E-state index contributed by atoms with van der Waals surface area (Å²) < 4.78 is 0. The monoisotopic (exact) mass is 229 g/mol. The van der Waals surface area contributed by atoms with Gasteiger partial charge in [0.25, 0.3) is 11.5 Å². The maximum absolute atomic E-state index is 11.4. The van der Waals surface area contributed by atoms with E-state index in [1.165, 1.54) is 6.20 Å². The average Bonchev–Trinajstić information content (AvgIpc) is 2.29. The number of nitrogens with zero attached hydrogens (tertiary/aromatic N) is 1. The molecule has 2 aromatic rings. The summed E-state index contributed by atoms with van der Waals surface area (Å²) in [5, 5.41) is 9.93. The fraction of sp³-hybridized carbons (Fsp3) is 0.0833. The Balaban J connectivity index is 2.42. The molecule has 2 N–H and O–H groups in total. The average molecular weight is 229 g/mol. The van der Waals surface area contributed by atoms with Crippen molar-refractivity contribution < 1.29 is 4.79 Å². The molecule has 0 saturated heterocycles. The van der Waals surface area contributed by atoms with Gasteiger partial charge in [-0.15, -0.1) is 0 Å². The number of amides is 1. The van der Waals surface area contributed by atoms with E-state index in [-0.39, 0.29) is 11.5 Å². The number of aromatic nitrogens is 2. The van der Waals surface area contributed by atoms with Crippen LogP contribution in [-0.4, -0.2) is 16.1 Å². The minimum atomic E-state index is -0.250. The van der Waals surface area contributed by atoms with E-state index in [1.54, 1.807) is 25.1 Å². The summed E-state index contributed by atoms with van der Waals surface area (Å²) in [5.74, 6) is -0.248. The number of carbonyl (C=O) groups is 1. The van der Waals surface area contributed by atoms with Crippen molar-refractivity contribution >= 4 is 22.4 Å².